The maximum Gasteiger partial charge on any atom is 0.255 e. The molecule has 0 radical (unpaired) electrons. The minimum Gasteiger partial charge on any atom is -0.339 e. The number of nitrogens with zero attached hydrogens (tertiary/aromatic N) is 1. The molecule has 0 bridgehead atoms. The van der Waals surface area contributed by atoms with Crippen molar-refractivity contribution in [3.8, 4) is 0 Å². The fourth-order valence-electron chi connectivity index (χ4n) is 3.46. The number of halogens is 2. The molecule has 3 rings (SSSR count). The molecule has 148 valence electrons. The van der Waals surface area contributed by atoms with Crippen LogP contribution in [0.15, 0.2) is 42.5 Å². The average Bonchev–Trinajstić information content (AvgIpc) is 2.68. The van der Waals surface area contributed by atoms with Crippen molar-refractivity contribution >= 4 is 29.1 Å². The number of amides is 2. The monoisotopic (exact) mass is 402 g/mol. The fourth-order valence-corrected chi connectivity index (χ4v) is 3.63. The lowest BCUT2D eigenvalue weighted by Gasteiger charge is -2.27. The highest BCUT2D eigenvalue weighted by Gasteiger charge is 2.22. The van der Waals surface area contributed by atoms with Crippen LogP contribution in [-0.2, 0) is 4.79 Å². The standard InChI is InChI=1S/C22H24ClFN2O2/c1-15(16-5-8-18(24)9-6-16)13-21(27)25-20-14-17(23)7-10-19(20)22(28)26-11-3-2-4-12-26/h5-10,14-15H,2-4,11-13H2,1H3,(H,25,27). The third-order valence-corrected chi connectivity index (χ3v) is 5.30. The van der Waals surface area contributed by atoms with E-state index in [9.17, 15) is 14.0 Å². The molecule has 6 heteroatoms. The summed E-state index contributed by atoms with van der Waals surface area (Å²) in [6.45, 7) is 3.37. The summed E-state index contributed by atoms with van der Waals surface area (Å²) < 4.78 is 13.1. The highest BCUT2D eigenvalue weighted by Crippen LogP contribution is 2.26. The lowest BCUT2D eigenvalue weighted by atomic mass is 9.97. The van der Waals surface area contributed by atoms with Gasteiger partial charge in [0.25, 0.3) is 5.91 Å². The number of hydrogen-bond acceptors (Lipinski definition) is 2. The maximum absolute atomic E-state index is 13.1. The van der Waals surface area contributed by atoms with Gasteiger partial charge in [0.1, 0.15) is 5.82 Å². The number of carbonyl (C=O) groups excluding carboxylic acids is 2. The van der Waals surface area contributed by atoms with Gasteiger partial charge in [-0.25, -0.2) is 4.39 Å². The van der Waals surface area contributed by atoms with Gasteiger partial charge in [0.2, 0.25) is 5.91 Å². The third-order valence-electron chi connectivity index (χ3n) is 5.06. The molecule has 1 unspecified atom stereocenters. The van der Waals surface area contributed by atoms with E-state index >= 15 is 0 Å². The molecule has 0 aromatic heterocycles. The minimum atomic E-state index is -0.305. The summed E-state index contributed by atoms with van der Waals surface area (Å²) in [7, 11) is 0. The summed E-state index contributed by atoms with van der Waals surface area (Å²) >= 11 is 6.10. The first-order valence-corrected chi connectivity index (χ1v) is 9.96. The first-order chi connectivity index (χ1) is 13.4. The van der Waals surface area contributed by atoms with Crippen LogP contribution in [0, 0.1) is 5.82 Å². The van der Waals surface area contributed by atoms with Gasteiger partial charge in [-0.2, -0.15) is 0 Å². The van der Waals surface area contributed by atoms with E-state index in [4.69, 9.17) is 11.6 Å². The molecule has 1 aliphatic rings. The van der Waals surface area contributed by atoms with Crippen molar-refractivity contribution < 1.29 is 14.0 Å². The molecule has 0 aliphatic carbocycles. The van der Waals surface area contributed by atoms with Crippen LogP contribution in [0.25, 0.3) is 0 Å². The molecule has 0 spiro atoms. The van der Waals surface area contributed by atoms with Gasteiger partial charge >= 0.3 is 0 Å². The average molecular weight is 403 g/mol. The van der Waals surface area contributed by atoms with Crippen LogP contribution in [0.5, 0.6) is 0 Å². The number of nitrogens with one attached hydrogen (secondary N) is 1. The topological polar surface area (TPSA) is 49.4 Å². The second-order valence-electron chi connectivity index (χ2n) is 7.25. The Morgan fingerprint density at radius 2 is 1.79 bits per heavy atom. The van der Waals surface area contributed by atoms with Crippen LogP contribution >= 0.6 is 11.6 Å². The molecule has 0 saturated carbocycles. The minimum absolute atomic E-state index is 0.0824. The number of rotatable bonds is 5. The molecule has 1 heterocycles. The zero-order valence-electron chi connectivity index (χ0n) is 15.9. The summed E-state index contributed by atoms with van der Waals surface area (Å²) in [5.41, 5.74) is 1.76. The summed E-state index contributed by atoms with van der Waals surface area (Å²) in [5.74, 6) is -0.689. The van der Waals surface area contributed by atoms with E-state index < -0.39 is 0 Å². The van der Waals surface area contributed by atoms with E-state index in [1.807, 2.05) is 11.8 Å². The van der Waals surface area contributed by atoms with Crippen LogP contribution < -0.4 is 5.32 Å². The summed E-state index contributed by atoms with van der Waals surface area (Å²) in [6.07, 6.45) is 3.34. The zero-order chi connectivity index (χ0) is 20.1. The Hall–Kier alpha value is -2.40. The quantitative estimate of drug-likeness (QED) is 0.743. The number of benzene rings is 2. The molecule has 1 atom stereocenters. The Morgan fingerprint density at radius 3 is 2.46 bits per heavy atom. The second-order valence-corrected chi connectivity index (χ2v) is 7.68. The number of anilines is 1. The first-order valence-electron chi connectivity index (χ1n) is 9.58. The van der Waals surface area contributed by atoms with Crippen molar-refractivity contribution in [2.75, 3.05) is 18.4 Å². The van der Waals surface area contributed by atoms with Gasteiger partial charge in [0.05, 0.1) is 11.3 Å². The van der Waals surface area contributed by atoms with Gasteiger partial charge in [0.15, 0.2) is 0 Å². The predicted molar refractivity (Wildman–Crippen MR) is 109 cm³/mol. The summed E-state index contributed by atoms with van der Waals surface area (Å²) in [5, 5.41) is 3.29. The highest BCUT2D eigenvalue weighted by molar-refractivity contribution is 6.31. The SMILES string of the molecule is CC(CC(=O)Nc1cc(Cl)ccc1C(=O)N1CCCCC1)c1ccc(F)cc1. The van der Waals surface area contributed by atoms with Gasteiger partial charge in [-0.3, -0.25) is 9.59 Å². The Morgan fingerprint density at radius 1 is 1.11 bits per heavy atom. The summed E-state index contributed by atoms with van der Waals surface area (Å²) in [6, 6.07) is 11.1. The fraction of sp³-hybridized carbons (Fsp3) is 0.364. The van der Waals surface area contributed by atoms with Crippen molar-refractivity contribution in [2.45, 2.75) is 38.5 Å². The van der Waals surface area contributed by atoms with E-state index in [2.05, 4.69) is 5.32 Å². The molecule has 4 nitrogen and oxygen atoms in total. The van der Waals surface area contributed by atoms with Crippen molar-refractivity contribution in [1.29, 1.82) is 0 Å². The smallest absolute Gasteiger partial charge is 0.255 e. The Kier molecular flexibility index (Phi) is 6.68. The van der Waals surface area contributed by atoms with Crippen LogP contribution in [0.1, 0.15) is 54.4 Å². The van der Waals surface area contributed by atoms with Gasteiger partial charge in [-0.05, 0) is 61.1 Å². The molecule has 1 aliphatic heterocycles. The Bertz CT molecular complexity index is 848. The molecule has 1 saturated heterocycles. The van der Waals surface area contributed by atoms with E-state index in [0.29, 0.717) is 16.3 Å². The lowest BCUT2D eigenvalue weighted by Crippen LogP contribution is -2.36. The molecular formula is C22H24ClFN2O2. The van der Waals surface area contributed by atoms with Crippen LogP contribution in [0.3, 0.4) is 0 Å². The number of hydrogen-bond donors (Lipinski definition) is 1. The van der Waals surface area contributed by atoms with Crippen LogP contribution in [0.2, 0.25) is 5.02 Å². The van der Waals surface area contributed by atoms with Crippen molar-refractivity contribution in [1.82, 2.24) is 4.90 Å². The van der Waals surface area contributed by atoms with Gasteiger partial charge < -0.3 is 10.2 Å². The number of carbonyl (C=O) groups is 2. The number of likely N-dealkylation sites (tertiary alicyclic amines) is 1. The van der Waals surface area contributed by atoms with Crippen LogP contribution in [-0.4, -0.2) is 29.8 Å². The molecule has 2 amide bonds. The van der Waals surface area contributed by atoms with Crippen molar-refractivity contribution in [3.05, 3.63) is 64.4 Å². The maximum atomic E-state index is 13.1. The van der Waals surface area contributed by atoms with Crippen molar-refractivity contribution in [2.24, 2.45) is 0 Å². The Labute approximate surface area is 169 Å². The second kappa shape index (κ2) is 9.20. The molecule has 28 heavy (non-hydrogen) atoms. The van der Waals surface area contributed by atoms with Gasteiger partial charge in [0, 0.05) is 24.5 Å². The van der Waals surface area contributed by atoms with E-state index in [1.54, 1.807) is 30.3 Å². The van der Waals surface area contributed by atoms with Crippen LogP contribution in [0.4, 0.5) is 10.1 Å². The molecule has 1 fully saturated rings. The zero-order valence-corrected chi connectivity index (χ0v) is 16.6. The van der Waals surface area contributed by atoms with E-state index in [1.165, 1.54) is 12.1 Å². The molecule has 2 aromatic rings. The first kappa shape index (κ1) is 20.3. The molecule has 1 N–H and O–H groups in total. The van der Waals surface area contributed by atoms with E-state index in [0.717, 1.165) is 37.9 Å². The third kappa shape index (κ3) is 5.10. The normalized spacial score (nSPS) is 15.2. The molecular weight excluding hydrogens is 379 g/mol. The number of piperidine rings is 1. The highest BCUT2D eigenvalue weighted by atomic mass is 35.5. The van der Waals surface area contributed by atoms with Gasteiger partial charge in [-0.1, -0.05) is 30.7 Å². The molecule has 2 aromatic carbocycles. The van der Waals surface area contributed by atoms with E-state index in [-0.39, 0.29) is 30.0 Å². The largest absolute Gasteiger partial charge is 0.339 e. The summed E-state index contributed by atoms with van der Waals surface area (Å²) in [4.78, 5) is 27.3. The Balaban J connectivity index is 1.71. The van der Waals surface area contributed by atoms with Gasteiger partial charge in [-0.15, -0.1) is 0 Å². The lowest BCUT2D eigenvalue weighted by molar-refractivity contribution is -0.116. The van der Waals surface area contributed by atoms with Crippen molar-refractivity contribution in [3.63, 3.8) is 0 Å². The predicted octanol–water partition coefficient (Wildman–Crippen LogP) is 5.24.